The van der Waals surface area contributed by atoms with Crippen LogP contribution in [0.1, 0.15) is 38.8 Å². The Bertz CT molecular complexity index is 1340. The smallest absolute Gasteiger partial charge is 0.264 e. The van der Waals surface area contributed by atoms with Crippen LogP contribution in [0.5, 0.6) is 5.75 Å². The molecule has 3 rings (SSSR count). The quantitative estimate of drug-likeness (QED) is 0.360. The number of nitrogens with one attached hydrogen (secondary N) is 1. The van der Waals surface area contributed by atoms with Crippen molar-refractivity contribution < 1.29 is 22.7 Å². The van der Waals surface area contributed by atoms with Gasteiger partial charge in [-0.2, -0.15) is 0 Å². The SMILES string of the molecule is CCc1ccc(N(CC(=O)N(Cc2ccc(OC)cc2)C(C)C(=O)NC(C)C)S(=O)(=O)c2ccccc2)cc1. The maximum atomic E-state index is 13.9. The summed E-state index contributed by atoms with van der Waals surface area (Å²) in [7, 11) is -2.51. The minimum absolute atomic E-state index is 0.0738. The fourth-order valence-electron chi connectivity index (χ4n) is 4.06. The molecule has 8 nitrogen and oxygen atoms in total. The number of anilines is 1. The lowest BCUT2D eigenvalue weighted by molar-refractivity contribution is -0.139. The highest BCUT2D eigenvalue weighted by Crippen LogP contribution is 2.25. The second kappa shape index (κ2) is 13.3. The van der Waals surface area contributed by atoms with Crippen molar-refractivity contribution in [1.29, 1.82) is 0 Å². The standard InChI is InChI=1S/C30H37N3O5S/c1-6-24-12-16-26(17-13-24)33(39(36,37)28-10-8-7-9-11-28)21-29(34)32(23(4)30(35)31-22(2)3)20-25-14-18-27(38-5)19-15-25/h7-19,22-23H,6,20-21H2,1-5H3,(H,31,35). The van der Waals surface area contributed by atoms with Crippen LogP contribution in [-0.4, -0.2) is 50.9 Å². The zero-order valence-corrected chi connectivity index (χ0v) is 23.9. The number of aryl methyl sites for hydroxylation is 1. The molecule has 0 aliphatic rings. The molecule has 2 amide bonds. The summed E-state index contributed by atoms with van der Waals surface area (Å²) in [4.78, 5) is 28.4. The van der Waals surface area contributed by atoms with Crippen molar-refractivity contribution in [1.82, 2.24) is 10.2 Å². The Morgan fingerprint density at radius 2 is 1.46 bits per heavy atom. The van der Waals surface area contributed by atoms with Gasteiger partial charge in [0.15, 0.2) is 0 Å². The number of hydrogen-bond acceptors (Lipinski definition) is 5. The average Bonchev–Trinajstić information content (AvgIpc) is 2.94. The second-order valence-electron chi connectivity index (χ2n) is 9.55. The van der Waals surface area contributed by atoms with Gasteiger partial charge in [-0.3, -0.25) is 13.9 Å². The van der Waals surface area contributed by atoms with Gasteiger partial charge in [-0.25, -0.2) is 8.42 Å². The van der Waals surface area contributed by atoms with Crippen LogP contribution in [0.25, 0.3) is 0 Å². The molecule has 1 atom stereocenters. The molecular weight excluding hydrogens is 514 g/mol. The second-order valence-corrected chi connectivity index (χ2v) is 11.4. The third-order valence-corrected chi connectivity index (χ3v) is 8.14. The van der Waals surface area contributed by atoms with E-state index in [0.29, 0.717) is 11.4 Å². The monoisotopic (exact) mass is 551 g/mol. The Balaban J connectivity index is 2.01. The molecule has 0 aromatic heterocycles. The number of methoxy groups -OCH3 is 1. The molecule has 0 saturated carbocycles. The predicted molar refractivity (Wildman–Crippen MR) is 153 cm³/mol. The molecule has 0 bridgehead atoms. The van der Waals surface area contributed by atoms with Crippen LogP contribution in [0.4, 0.5) is 5.69 Å². The Kier molecular flexibility index (Phi) is 10.1. The van der Waals surface area contributed by atoms with Crippen LogP contribution in [0.15, 0.2) is 83.8 Å². The first kappa shape index (κ1) is 29.7. The first-order valence-electron chi connectivity index (χ1n) is 13.0. The summed E-state index contributed by atoms with van der Waals surface area (Å²) >= 11 is 0. The van der Waals surface area contributed by atoms with Gasteiger partial charge in [-0.15, -0.1) is 0 Å². The summed E-state index contributed by atoms with van der Waals surface area (Å²) in [5, 5.41) is 2.85. The summed E-state index contributed by atoms with van der Waals surface area (Å²) < 4.78 is 33.9. The van der Waals surface area contributed by atoms with Crippen LogP contribution in [0.2, 0.25) is 0 Å². The average molecular weight is 552 g/mol. The molecule has 1 unspecified atom stereocenters. The van der Waals surface area contributed by atoms with Gasteiger partial charge in [0.05, 0.1) is 17.7 Å². The highest BCUT2D eigenvalue weighted by atomic mass is 32.2. The van der Waals surface area contributed by atoms with Gasteiger partial charge >= 0.3 is 0 Å². The lowest BCUT2D eigenvalue weighted by atomic mass is 10.1. The summed E-state index contributed by atoms with van der Waals surface area (Å²) in [5.74, 6) is -0.161. The Morgan fingerprint density at radius 3 is 2.00 bits per heavy atom. The zero-order valence-electron chi connectivity index (χ0n) is 23.1. The third kappa shape index (κ3) is 7.60. The first-order valence-corrected chi connectivity index (χ1v) is 14.4. The third-order valence-electron chi connectivity index (χ3n) is 6.35. The van der Waals surface area contributed by atoms with Gasteiger partial charge in [0.2, 0.25) is 11.8 Å². The van der Waals surface area contributed by atoms with Crippen LogP contribution in [-0.2, 0) is 32.6 Å². The van der Waals surface area contributed by atoms with E-state index in [2.05, 4.69) is 5.32 Å². The largest absolute Gasteiger partial charge is 0.497 e. The zero-order chi connectivity index (χ0) is 28.6. The molecule has 39 heavy (non-hydrogen) atoms. The van der Waals surface area contributed by atoms with E-state index in [4.69, 9.17) is 4.74 Å². The van der Waals surface area contributed by atoms with E-state index >= 15 is 0 Å². The van der Waals surface area contributed by atoms with E-state index in [1.54, 1.807) is 56.5 Å². The summed E-state index contributed by atoms with van der Waals surface area (Å²) in [6.07, 6.45) is 0.794. The number of carbonyl (C=O) groups is 2. The number of hydrogen-bond donors (Lipinski definition) is 1. The highest BCUT2D eigenvalue weighted by molar-refractivity contribution is 7.92. The number of nitrogens with zero attached hydrogens (tertiary/aromatic N) is 2. The van der Waals surface area contributed by atoms with Crippen LogP contribution in [0, 0.1) is 0 Å². The van der Waals surface area contributed by atoms with Crippen molar-refractivity contribution in [2.75, 3.05) is 18.0 Å². The molecule has 0 aliphatic heterocycles. The van der Waals surface area contributed by atoms with Crippen LogP contribution in [0.3, 0.4) is 0 Å². The predicted octanol–water partition coefficient (Wildman–Crippen LogP) is 4.39. The number of benzene rings is 3. The normalized spacial score (nSPS) is 12.1. The maximum Gasteiger partial charge on any atom is 0.264 e. The first-order chi connectivity index (χ1) is 18.6. The minimum Gasteiger partial charge on any atom is -0.497 e. The van der Waals surface area contributed by atoms with Crippen molar-refractivity contribution >= 4 is 27.5 Å². The Hall–Kier alpha value is -3.85. The van der Waals surface area contributed by atoms with Gasteiger partial charge in [0.25, 0.3) is 10.0 Å². The van der Waals surface area contributed by atoms with Gasteiger partial charge in [-0.1, -0.05) is 49.4 Å². The van der Waals surface area contributed by atoms with E-state index in [9.17, 15) is 18.0 Å². The summed E-state index contributed by atoms with van der Waals surface area (Å²) in [5.41, 5.74) is 2.19. The highest BCUT2D eigenvalue weighted by Gasteiger charge is 2.32. The summed E-state index contributed by atoms with van der Waals surface area (Å²) in [6.45, 7) is 6.98. The number of amides is 2. The molecule has 0 fully saturated rings. The molecule has 3 aromatic rings. The fourth-order valence-corrected chi connectivity index (χ4v) is 5.50. The van der Waals surface area contributed by atoms with E-state index in [1.165, 1.54) is 17.0 Å². The fraction of sp³-hybridized carbons (Fsp3) is 0.333. The molecular formula is C30H37N3O5S. The van der Waals surface area contributed by atoms with E-state index in [-0.39, 0.29) is 23.4 Å². The molecule has 9 heteroatoms. The topological polar surface area (TPSA) is 96.0 Å². The van der Waals surface area contributed by atoms with Crippen molar-refractivity contribution in [2.24, 2.45) is 0 Å². The number of ether oxygens (including phenoxy) is 1. The molecule has 0 saturated heterocycles. The number of carbonyl (C=O) groups excluding carboxylic acids is 2. The number of sulfonamides is 1. The molecule has 0 spiro atoms. The lowest BCUT2D eigenvalue weighted by Crippen LogP contribution is -2.52. The van der Waals surface area contributed by atoms with E-state index < -0.39 is 28.5 Å². The van der Waals surface area contributed by atoms with Crippen molar-refractivity contribution in [3.8, 4) is 5.75 Å². The Morgan fingerprint density at radius 1 is 0.872 bits per heavy atom. The molecule has 3 aromatic carbocycles. The van der Waals surface area contributed by atoms with E-state index in [1.807, 2.05) is 45.0 Å². The Labute approximate surface area is 231 Å². The number of rotatable bonds is 12. The van der Waals surface area contributed by atoms with Crippen molar-refractivity contribution in [3.05, 3.63) is 90.0 Å². The van der Waals surface area contributed by atoms with Gasteiger partial charge in [0, 0.05) is 12.6 Å². The molecule has 208 valence electrons. The van der Waals surface area contributed by atoms with E-state index in [0.717, 1.165) is 21.9 Å². The van der Waals surface area contributed by atoms with Gasteiger partial charge in [-0.05, 0) is 74.7 Å². The van der Waals surface area contributed by atoms with Crippen LogP contribution < -0.4 is 14.4 Å². The van der Waals surface area contributed by atoms with Crippen molar-refractivity contribution in [2.45, 2.75) is 57.6 Å². The van der Waals surface area contributed by atoms with Gasteiger partial charge in [0.1, 0.15) is 18.3 Å². The molecule has 0 heterocycles. The van der Waals surface area contributed by atoms with Crippen molar-refractivity contribution in [3.63, 3.8) is 0 Å². The lowest BCUT2D eigenvalue weighted by Gasteiger charge is -2.32. The molecule has 0 radical (unpaired) electrons. The van der Waals surface area contributed by atoms with Gasteiger partial charge < -0.3 is 15.0 Å². The minimum atomic E-state index is -4.08. The van der Waals surface area contributed by atoms with Crippen LogP contribution >= 0.6 is 0 Å². The maximum absolute atomic E-state index is 13.9. The molecule has 1 N–H and O–H groups in total. The molecule has 0 aliphatic carbocycles. The summed E-state index contributed by atoms with van der Waals surface area (Å²) in [6, 6.07) is 21.3.